The second-order valence-electron chi connectivity index (χ2n) is 11.4. The number of likely N-dealkylation sites (tertiary alicyclic amines) is 1. The van der Waals surface area contributed by atoms with Crippen molar-refractivity contribution < 1.29 is 19.5 Å². The number of benzene rings is 1. The highest BCUT2D eigenvalue weighted by Crippen LogP contribution is 2.44. The fraction of sp³-hybridized carbons (Fsp3) is 0.593. The van der Waals surface area contributed by atoms with Crippen molar-refractivity contribution in [1.29, 1.82) is 0 Å². The van der Waals surface area contributed by atoms with Gasteiger partial charge in [-0.25, -0.2) is 0 Å². The number of amides is 2. The largest absolute Gasteiger partial charge is 0.480 e. The van der Waals surface area contributed by atoms with E-state index in [0.29, 0.717) is 0 Å². The van der Waals surface area contributed by atoms with Crippen molar-refractivity contribution in [2.45, 2.75) is 78.7 Å². The van der Waals surface area contributed by atoms with E-state index in [1.165, 1.54) is 4.90 Å². The van der Waals surface area contributed by atoms with Gasteiger partial charge in [0.05, 0.1) is 6.04 Å². The summed E-state index contributed by atoms with van der Waals surface area (Å²) in [7, 11) is 0. The summed E-state index contributed by atoms with van der Waals surface area (Å²) in [6, 6.07) is 5.84. The van der Waals surface area contributed by atoms with Gasteiger partial charge >= 0.3 is 5.97 Å². The van der Waals surface area contributed by atoms with Crippen molar-refractivity contribution in [3.8, 4) is 0 Å². The van der Waals surface area contributed by atoms with E-state index in [-0.39, 0.29) is 55.1 Å². The molecule has 2 atom stereocenters. The van der Waals surface area contributed by atoms with Crippen molar-refractivity contribution in [1.82, 2.24) is 9.80 Å². The normalized spacial score (nSPS) is 23.6. The Labute approximate surface area is 207 Å². The molecule has 7 heteroatoms. The van der Waals surface area contributed by atoms with Gasteiger partial charge in [-0.15, -0.1) is 0 Å². The lowest BCUT2D eigenvalue weighted by molar-refractivity contribution is -0.142. The Morgan fingerprint density at radius 1 is 1.24 bits per heavy atom. The van der Waals surface area contributed by atoms with Crippen molar-refractivity contribution in [2.75, 3.05) is 13.1 Å². The quantitative estimate of drug-likeness (QED) is 0.583. The molecule has 0 aliphatic carbocycles. The Bertz CT molecular complexity index is 1010. The highest BCUT2D eigenvalue weighted by molar-refractivity contribution is 6.31. The molecular weight excluding hydrogens is 452 g/mol. The maximum absolute atomic E-state index is 13.3. The Morgan fingerprint density at radius 2 is 1.91 bits per heavy atom. The van der Waals surface area contributed by atoms with Crippen LogP contribution in [0.15, 0.2) is 30.0 Å². The minimum atomic E-state index is -1.05. The molecule has 1 N–H and O–H groups in total. The molecule has 34 heavy (non-hydrogen) atoms. The predicted octanol–water partition coefficient (Wildman–Crippen LogP) is 5.03. The van der Waals surface area contributed by atoms with Crippen LogP contribution in [0.2, 0.25) is 5.02 Å². The third kappa shape index (κ3) is 5.65. The summed E-state index contributed by atoms with van der Waals surface area (Å²) in [6.07, 6.45) is 4.26. The number of aliphatic carboxylic acids is 1. The number of carboxylic acid groups (broad SMARTS) is 1. The molecule has 2 amide bonds. The second-order valence-corrected chi connectivity index (χ2v) is 11.8. The van der Waals surface area contributed by atoms with Crippen LogP contribution in [0.1, 0.15) is 71.9 Å². The molecule has 1 aromatic rings. The first kappa shape index (κ1) is 26.3. The van der Waals surface area contributed by atoms with E-state index < -0.39 is 11.4 Å². The zero-order valence-corrected chi connectivity index (χ0v) is 21.9. The molecule has 2 heterocycles. The lowest BCUT2D eigenvalue weighted by Crippen LogP contribution is -2.47. The van der Waals surface area contributed by atoms with E-state index in [1.54, 1.807) is 4.90 Å². The van der Waals surface area contributed by atoms with Gasteiger partial charge in [0, 0.05) is 36.0 Å². The van der Waals surface area contributed by atoms with Gasteiger partial charge in [-0.2, -0.15) is 0 Å². The minimum Gasteiger partial charge on any atom is -0.480 e. The first-order chi connectivity index (χ1) is 15.7. The minimum absolute atomic E-state index is 0.0604. The zero-order chi connectivity index (χ0) is 25.4. The number of hydrogen-bond acceptors (Lipinski definition) is 3. The Kier molecular flexibility index (Phi) is 7.51. The average molecular weight is 489 g/mol. The van der Waals surface area contributed by atoms with E-state index in [4.69, 9.17) is 16.7 Å². The Morgan fingerprint density at radius 3 is 2.47 bits per heavy atom. The van der Waals surface area contributed by atoms with Gasteiger partial charge in [-0.05, 0) is 46.9 Å². The van der Waals surface area contributed by atoms with Crippen LogP contribution in [0.25, 0.3) is 0 Å². The van der Waals surface area contributed by atoms with Crippen molar-refractivity contribution in [3.63, 3.8) is 0 Å². The second kappa shape index (κ2) is 9.73. The molecule has 0 spiro atoms. The molecule has 0 aromatic heterocycles. The third-order valence-electron chi connectivity index (χ3n) is 7.08. The number of aryl methyl sites for hydroxylation is 1. The number of nitrogens with zero attached hydrogens (tertiary/aromatic N) is 2. The number of allylic oxidation sites excluding steroid dienone is 1. The molecule has 0 bridgehead atoms. The van der Waals surface area contributed by atoms with E-state index in [9.17, 15) is 14.4 Å². The number of hydrogen-bond donors (Lipinski definition) is 1. The van der Waals surface area contributed by atoms with Crippen LogP contribution >= 0.6 is 11.6 Å². The first-order valence-electron chi connectivity index (χ1n) is 12.0. The molecule has 2 aliphatic rings. The van der Waals surface area contributed by atoms with Gasteiger partial charge in [-0.3, -0.25) is 14.4 Å². The number of rotatable bonds is 7. The topological polar surface area (TPSA) is 77.9 Å². The SMILES string of the molecule is CC(C)C1=CN([C@H]2CC(=O)N(CC(=O)O)C2)C(=O)C[C@@]1(C)c1ccc(CCC(C)(C)C)c(Cl)c1. The van der Waals surface area contributed by atoms with Crippen LogP contribution in [0.3, 0.4) is 0 Å². The summed E-state index contributed by atoms with van der Waals surface area (Å²) in [5.41, 5.74) is 2.96. The predicted molar refractivity (Wildman–Crippen MR) is 134 cm³/mol. The smallest absolute Gasteiger partial charge is 0.323 e. The fourth-order valence-corrected chi connectivity index (χ4v) is 5.36. The molecule has 1 fully saturated rings. The van der Waals surface area contributed by atoms with Gasteiger partial charge in [0.2, 0.25) is 11.8 Å². The van der Waals surface area contributed by atoms with Gasteiger partial charge < -0.3 is 14.9 Å². The molecule has 0 radical (unpaired) electrons. The molecular formula is C27H37ClN2O4. The van der Waals surface area contributed by atoms with E-state index in [2.05, 4.69) is 53.7 Å². The monoisotopic (exact) mass is 488 g/mol. The van der Waals surface area contributed by atoms with Gasteiger partial charge in [0.15, 0.2) is 0 Å². The first-order valence-corrected chi connectivity index (χ1v) is 12.4. The van der Waals surface area contributed by atoms with Gasteiger partial charge in [-0.1, -0.05) is 65.3 Å². The standard InChI is InChI=1S/C27H37ClN2O4/c1-17(2)21-15-30(20-12-23(31)29(14-20)16-25(33)34)24(32)13-27(21,6)19-8-7-18(22(28)11-19)9-10-26(3,4)5/h7-8,11,15,17,20H,9-10,12-14,16H2,1-6H3,(H,33,34)/t20-,27-/m0/s1. The number of halogens is 1. The van der Waals surface area contributed by atoms with Crippen LogP contribution in [0.5, 0.6) is 0 Å². The van der Waals surface area contributed by atoms with Crippen LogP contribution in [-0.2, 0) is 26.2 Å². The van der Waals surface area contributed by atoms with Crippen molar-refractivity contribution in [2.24, 2.45) is 11.3 Å². The van der Waals surface area contributed by atoms with E-state index in [1.807, 2.05) is 12.3 Å². The Balaban J connectivity index is 1.90. The maximum atomic E-state index is 13.3. The zero-order valence-electron chi connectivity index (χ0n) is 21.2. The van der Waals surface area contributed by atoms with Gasteiger partial charge in [0.1, 0.15) is 6.54 Å². The summed E-state index contributed by atoms with van der Waals surface area (Å²) in [5.74, 6) is -1.17. The summed E-state index contributed by atoms with van der Waals surface area (Å²) in [4.78, 5) is 39.7. The van der Waals surface area contributed by atoms with Crippen LogP contribution < -0.4 is 0 Å². The average Bonchev–Trinajstić information content (AvgIpc) is 3.05. The molecule has 2 aliphatic heterocycles. The molecule has 6 nitrogen and oxygen atoms in total. The van der Waals surface area contributed by atoms with Crippen LogP contribution in [0, 0.1) is 11.3 Å². The summed E-state index contributed by atoms with van der Waals surface area (Å²) in [6.45, 7) is 12.9. The molecule has 3 rings (SSSR count). The third-order valence-corrected chi connectivity index (χ3v) is 7.43. The fourth-order valence-electron chi connectivity index (χ4n) is 5.08. The highest BCUT2D eigenvalue weighted by Gasteiger charge is 2.44. The highest BCUT2D eigenvalue weighted by atomic mass is 35.5. The lowest BCUT2D eigenvalue weighted by atomic mass is 9.68. The Hall–Kier alpha value is -2.34. The number of carbonyl (C=O) groups excluding carboxylic acids is 2. The maximum Gasteiger partial charge on any atom is 0.323 e. The summed E-state index contributed by atoms with van der Waals surface area (Å²) < 4.78 is 0. The van der Waals surface area contributed by atoms with Crippen LogP contribution in [0.4, 0.5) is 0 Å². The molecule has 1 aromatic carbocycles. The van der Waals surface area contributed by atoms with E-state index >= 15 is 0 Å². The van der Waals surface area contributed by atoms with E-state index in [0.717, 1.165) is 34.6 Å². The molecule has 0 unspecified atom stereocenters. The summed E-state index contributed by atoms with van der Waals surface area (Å²) in [5, 5.41) is 9.80. The van der Waals surface area contributed by atoms with Gasteiger partial charge in [0.25, 0.3) is 0 Å². The lowest BCUT2D eigenvalue weighted by Gasteiger charge is -2.42. The van der Waals surface area contributed by atoms with Crippen molar-refractivity contribution >= 4 is 29.4 Å². The molecule has 186 valence electrons. The number of carbonyl (C=O) groups is 3. The summed E-state index contributed by atoms with van der Waals surface area (Å²) >= 11 is 6.70. The molecule has 1 saturated heterocycles. The van der Waals surface area contributed by atoms with Crippen molar-refractivity contribution in [3.05, 3.63) is 46.1 Å². The number of carboxylic acids is 1. The van der Waals surface area contributed by atoms with Crippen LogP contribution in [-0.4, -0.2) is 51.8 Å². The molecule has 0 saturated carbocycles.